The van der Waals surface area contributed by atoms with Gasteiger partial charge in [-0.05, 0) is 45.4 Å². The Labute approximate surface area is 108 Å². The van der Waals surface area contributed by atoms with Crippen molar-refractivity contribution in [2.75, 3.05) is 6.61 Å². The molecule has 0 fully saturated rings. The van der Waals surface area contributed by atoms with E-state index in [0.29, 0.717) is 5.75 Å². The molecule has 0 aromatic heterocycles. The smallest absolute Gasteiger partial charge is 0.174 e. The molecule has 1 aromatic carbocycles. The van der Waals surface area contributed by atoms with Crippen LogP contribution in [0.25, 0.3) is 0 Å². The number of nitriles is 1. The molecule has 0 heterocycles. The van der Waals surface area contributed by atoms with Gasteiger partial charge in [-0.2, -0.15) is 10.7 Å². The van der Waals surface area contributed by atoms with Crippen molar-refractivity contribution in [2.24, 2.45) is 0 Å². The van der Waals surface area contributed by atoms with E-state index < -0.39 is 0 Å². The first-order valence-electron chi connectivity index (χ1n) is 5.95. The van der Waals surface area contributed by atoms with E-state index in [-0.39, 0.29) is 18.2 Å². The third-order valence-electron chi connectivity index (χ3n) is 2.23. The molecule has 1 aromatic rings. The summed E-state index contributed by atoms with van der Waals surface area (Å²) in [5.74, 6) is 0.698. The molecule has 1 atom stereocenters. The van der Waals surface area contributed by atoms with Crippen LogP contribution in [0.2, 0.25) is 0 Å². The Bertz CT molecular complexity index is 401. The van der Waals surface area contributed by atoms with Crippen LogP contribution in [0.4, 0.5) is 0 Å². The molecule has 0 aliphatic carbocycles. The maximum absolute atomic E-state index is 8.42. The van der Waals surface area contributed by atoms with Crippen LogP contribution in [0.15, 0.2) is 24.3 Å². The maximum atomic E-state index is 8.42. The molecule has 18 heavy (non-hydrogen) atoms. The lowest BCUT2D eigenvalue weighted by atomic mass is 10.1. The third-order valence-corrected chi connectivity index (χ3v) is 2.23. The number of benzene rings is 1. The minimum absolute atomic E-state index is 0.0697. The number of rotatable bonds is 5. The molecule has 1 unspecified atom stereocenters. The van der Waals surface area contributed by atoms with E-state index in [1.807, 2.05) is 58.0 Å². The van der Waals surface area contributed by atoms with Crippen LogP contribution in [0.1, 0.15) is 39.3 Å². The van der Waals surface area contributed by atoms with E-state index in [1.165, 1.54) is 0 Å². The van der Waals surface area contributed by atoms with Crippen molar-refractivity contribution in [1.82, 2.24) is 5.48 Å². The monoisotopic (exact) mass is 248 g/mol. The minimum atomic E-state index is -0.218. The number of hydrogen-bond acceptors (Lipinski definition) is 4. The fourth-order valence-corrected chi connectivity index (χ4v) is 1.30. The van der Waals surface area contributed by atoms with Gasteiger partial charge in [0.1, 0.15) is 11.8 Å². The molecule has 0 radical (unpaired) electrons. The van der Waals surface area contributed by atoms with E-state index in [4.69, 9.17) is 14.8 Å². The van der Waals surface area contributed by atoms with Crippen LogP contribution in [0.5, 0.6) is 5.75 Å². The Hall–Kier alpha value is -1.57. The first-order chi connectivity index (χ1) is 8.42. The Morgan fingerprint density at radius 3 is 2.39 bits per heavy atom. The molecule has 0 spiro atoms. The molecule has 0 saturated carbocycles. The second-order valence-corrected chi connectivity index (χ2v) is 5.07. The summed E-state index contributed by atoms with van der Waals surface area (Å²) in [5.41, 5.74) is 3.89. The SMILES string of the molecule is CC(NOC(C)(C)C)c1ccc(OCC#N)cc1. The van der Waals surface area contributed by atoms with Gasteiger partial charge in [-0.15, -0.1) is 0 Å². The Kier molecular flexibility index (Phi) is 5.14. The average Bonchev–Trinajstić information content (AvgIpc) is 2.33. The van der Waals surface area contributed by atoms with Crippen LogP contribution >= 0.6 is 0 Å². The van der Waals surface area contributed by atoms with Crippen molar-refractivity contribution in [3.8, 4) is 11.8 Å². The number of hydrogen-bond donors (Lipinski definition) is 1. The second-order valence-electron chi connectivity index (χ2n) is 5.07. The Morgan fingerprint density at radius 2 is 1.89 bits per heavy atom. The standard InChI is InChI=1S/C14H20N2O2/c1-11(16-18-14(2,3)4)12-5-7-13(8-6-12)17-10-9-15/h5-8,11,16H,10H2,1-4H3. The molecule has 98 valence electrons. The van der Waals surface area contributed by atoms with Crippen molar-refractivity contribution >= 4 is 0 Å². The van der Waals surface area contributed by atoms with Gasteiger partial charge in [0.2, 0.25) is 0 Å². The maximum Gasteiger partial charge on any atom is 0.174 e. The Morgan fingerprint density at radius 1 is 1.28 bits per heavy atom. The first-order valence-corrected chi connectivity index (χ1v) is 5.95. The first kappa shape index (κ1) is 14.5. The molecule has 1 N–H and O–H groups in total. The molecule has 4 heteroatoms. The van der Waals surface area contributed by atoms with Gasteiger partial charge in [-0.25, -0.2) is 0 Å². The molecule has 0 bridgehead atoms. The second kappa shape index (κ2) is 6.39. The summed E-state index contributed by atoms with van der Waals surface area (Å²) in [6, 6.07) is 9.64. The molecule has 0 aliphatic heterocycles. The summed E-state index contributed by atoms with van der Waals surface area (Å²) in [6.07, 6.45) is 0. The fourth-order valence-electron chi connectivity index (χ4n) is 1.30. The average molecular weight is 248 g/mol. The largest absolute Gasteiger partial charge is 0.479 e. The number of nitrogens with zero attached hydrogens (tertiary/aromatic N) is 1. The van der Waals surface area contributed by atoms with Gasteiger partial charge in [0.25, 0.3) is 0 Å². The molecule has 4 nitrogen and oxygen atoms in total. The predicted octanol–water partition coefficient (Wildman–Crippen LogP) is 2.97. The summed E-state index contributed by atoms with van der Waals surface area (Å²) < 4.78 is 5.19. The van der Waals surface area contributed by atoms with Gasteiger partial charge >= 0.3 is 0 Å². The van der Waals surface area contributed by atoms with Gasteiger partial charge in [0.05, 0.1) is 11.6 Å². The van der Waals surface area contributed by atoms with Gasteiger partial charge < -0.3 is 4.74 Å². The Balaban J connectivity index is 2.54. The molecule has 0 amide bonds. The van der Waals surface area contributed by atoms with Crippen LogP contribution in [-0.4, -0.2) is 12.2 Å². The van der Waals surface area contributed by atoms with Gasteiger partial charge in [0.15, 0.2) is 6.61 Å². The van der Waals surface area contributed by atoms with Gasteiger partial charge in [0, 0.05) is 0 Å². The predicted molar refractivity (Wildman–Crippen MR) is 69.9 cm³/mol. The van der Waals surface area contributed by atoms with E-state index in [0.717, 1.165) is 5.56 Å². The zero-order chi connectivity index (χ0) is 13.6. The van der Waals surface area contributed by atoms with E-state index in [9.17, 15) is 0 Å². The van der Waals surface area contributed by atoms with Crippen LogP contribution in [0, 0.1) is 11.3 Å². The van der Waals surface area contributed by atoms with E-state index in [2.05, 4.69) is 5.48 Å². The zero-order valence-corrected chi connectivity index (χ0v) is 11.4. The lowest BCUT2D eigenvalue weighted by Crippen LogP contribution is -2.30. The molecular weight excluding hydrogens is 228 g/mol. The highest BCUT2D eigenvalue weighted by Crippen LogP contribution is 2.18. The lowest BCUT2D eigenvalue weighted by Gasteiger charge is -2.23. The van der Waals surface area contributed by atoms with Gasteiger partial charge in [-0.3, -0.25) is 4.84 Å². The number of ether oxygens (including phenoxy) is 1. The van der Waals surface area contributed by atoms with Crippen LogP contribution in [-0.2, 0) is 4.84 Å². The number of nitrogens with one attached hydrogen (secondary N) is 1. The van der Waals surface area contributed by atoms with Crippen molar-refractivity contribution in [3.05, 3.63) is 29.8 Å². The lowest BCUT2D eigenvalue weighted by molar-refractivity contribution is -0.0866. The minimum Gasteiger partial charge on any atom is -0.479 e. The normalized spacial score (nSPS) is 12.8. The van der Waals surface area contributed by atoms with Crippen molar-refractivity contribution < 1.29 is 9.57 Å². The summed E-state index contributed by atoms with van der Waals surface area (Å²) in [5, 5.41) is 8.42. The van der Waals surface area contributed by atoms with Crippen LogP contribution < -0.4 is 10.2 Å². The van der Waals surface area contributed by atoms with Gasteiger partial charge in [-0.1, -0.05) is 12.1 Å². The third kappa shape index (κ3) is 5.17. The molecule has 1 rings (SSSR count). The summed E-state index contributed by atoms with van der Waals surface area (Å²) in [6.45, 7) is 8.07. The van der Waals surface area contributed by atoms with Crippen molar-refractivity contribution in [2.45, 2.75) is 39.3 Å². The van der Waals surface area contributed by atoms with Crippen molar-refractivity contribution in [1.29, 1.82) is 5.26 Å². The summed E-state index contributed by atoms with van der Waals surface area (Å²) in [7, 11) is 0. The zero-order valence-electron chi connectivity index (χ0n) is 11.4. The highest BCUT2D eigenvalue weighted by molar-refractivity contribution is 5.28. The summed E-state index contributed by atoms with van der Waals surface area (Å²) >= 11 is 0. The highest BCUT2D eigenvalue weighted by atomic mass is 16.7. The van der Waals surface area contributed by atoms with E-state index in [1.54, 1.807) is 0 Å². The number of hydroxylamine groups is 1. The van der Waals surface area contributed by atoms with Crippen molar-refractivity contribution in [3.63, 3.8) is 0 Å². The fraction of sp³-hybridized carbons (Fsp3) is 0.500. The quantitative estimate of drug-likeness (QED) is 0.814. The summed E-state index contributed by atoms with van der Waals surface area (Å²) in [4.78, 5) is 5.52. The van der Waals surface area contributed by atoms with E-state index >= 15 is 0 Å². The topological polar surface area (TPSA) is 54.3 Å². The molecule has 0 saturated heterocycles. The molecule has 0 aliphatic rings. The molecular formula is C14H20N2O2. The van der Waals surface area contributed by atoms with Crippen LogP contribution in [0.3, 0.4) is 0 Å². The highest BCUT2D eigenvalue weighted by Gasteiger charge is 2.13.